The van der Waals surface area contributed by atoms with E-state index in [2.05, 4.69) is 5.32 Å². The quantitative estimate of drug-likeness (QED) is 0.702. The van der Waals surface area contributed by atoms with E-state index in [1.54, 1.807) is 6.92 Å². The monoisotopic (exact) mass is 245 g/mol. The number of nitrogens with one attached hydrogen (secondary N) is 1. The van der Waals surface area contributed by atoms with Crippen molar-refractivity contribution in [3.8, 4) is 0 Å². The van der Waals surface area contributed by atoms with E-state index in [1.165, 1.54) is 12.1 Å². The van der Waals surface area contributed by atoms with E-state index < -0.39 is 17.0 Å². The molecule has 17 heavy (non-hydrogen) atoms. The lowest BCUT2D eigenvalue weighted by atomic mass is 9.93. The SMILES string of the molecule is CC(CO)(CO)CNCc1ccc(F)cc1F. The van der Waals surface area contributed by atoms with Gasteiger partial charge in [0, 0.05) is 30.1 Å². The van der Waals surface area contributed by atoms with Gasteiger partial charge in [-0.15, -0.1) is 0 Å². The van der Waals surface area contributed by atoms with Crippen LogP contribution in [0.25, 0.3) is 0 Å². The van der Waals surface area contributed by atoms with Gasteiger partial charge in [-0.1, -0.05) is 13.0 Å². The molecule has 3 nitrogen and oxygen atoms in total. The predicted molar refractivity (Wildman–Crippen MR) is 60.3 cm³/mol. The maximum Gasteiger partial charge on any atom is 0.130 e. The molecule has 1 rings (SSSR count). The Bertz CT molecular complexity index is 368. The summed E-state index contributed by atoms with van der Waals surface area (Å²) in [6.07, 6.45) is 0. The zero-order valence-corrected chi connectivity index (χ0v) is 9.71. The first-order valence-electron chi connectivity index (χ1n) is 5.37. The minimum atomic E-state index is -0.642. The molecule has 0 spiro atoms. The summed E-state index contributed by atoms with van der Waals surface area (Å²) in [5.74, 6) is -1.21. The highest BCUT2D eigenvalue weighted by molar-refractivity contribution is 5.18. The Kier molecular flexibility index (Phi) is 4.99. The van der Waals surface area contributed by atoms with Crippen LogP contribution in [0.1, 0.15) is 12.5 Å². The number of aliphatic hydroxyl groups excluding tert-OH is 2. The van der Waals surface area contributed by atoms with Crippen molar-refractivity contribution >= 4 is 0 Å². The fraction of sp³-hybridized carbons (Fsp3) is 0.500. The average molecular weight is 245 g/mol. The van der Waals surface area contributed by atoms with Gasteiger partial charge >= 0.3 is 0 Å². The maximum atomic E-state index is 13.3. The fourth-order valence-corrected chi connectivity index (χ4v) is 1.33. The molecular formula is C12H17F2NO2. The first kappa shape index (κ1) is 14.0. The second kappa shape index (κ2) is 6.05. The van der Waals surface area contributed by atoms with E-state index in [9.17, 15) is 8.78 Å². The molecule has 3 N–H and O–H groups in total. The molecular weight excluding hydrogens is 228 g/mol. The Morgan fingerprint density at radius 1 is 1.24 bits per heavy atom. The molecule has 0 heterocycles. The average Bonchev–Trinajstić information content (AvgIpc) is 2.32. The van der Waals surface area contributed by atoms with Gasteiger partial charge in [0.15, 0.2) is 0 Å². The summed E-state index contributed by atoms with van der Waals surface area (Å²) in [6, 6.07) is 3.39. The molecule has 1 aromatic rings. The summed E-state index contributed by atoms with van der Waals surface area (Å²) in [5.41, 5.74) is -0.291. The molecule has 0 saturated heterocycles. The summed E-state index contributed by atoms with van der Waals surface area (Å²) in [7, 11) is 0. The van der Waals surface area contributed by atoms with Crippen LogP contribution in [0.5, 0.6) is 0 Å². The van der Waals surface area contributed by atoms with Crippen molar-refractivity contribution in [3.05, 3.63) is 35.4 Å². The van der Waals surface area contributed by atoms with Crippen molar-refractivity contribution in [1.82, 2.24) is 5.32 Å². The molecule has 0 aromatic heterocycles. The third-order valence-electron chi connectivity index (χ3n) is 2.65. The second-order valence-electron chi connectivity index (χ2n) is 4.47. The third kappa shape index (κ3) is 4.03. The van der Waals surface area contributed by atoms with Crippen LogP contribution in [0.2, 0.25) is 0 Å². The van der Waals surface area contributed by atoms with Gasteiger partial charge in [0.2, 0.25) is 0 Å². The summed E-state index contributed by atoms with van der Waals surface area (Å²) >= 11 is 0. The van der Waals surface area contributed by atoms with E-state index >= 15 is 0 Å². The smallest absolute Gasteiger partial charge is 0.130 e. The van der Waals surface area contributed by atoms with Gasteiger partial charge < -0.3 is 15.5 Å². The van der Waals surface area contributed by atoms with Crippen molar-refractivity contribution in [2.75, 3.05) is 19.8 Å². The van der Waals surface area contributed by atoms with E-state index in [-0.39, 0.29) is 19.8 Å². The number of rotatable bonds is 6. The fourth-order valence-electron chi connectivity index (χ4n) is 1.33. The lowest BCUT2D eigenvalue weighted by Gasteiger charge is -2.24. The molecule has 5 heteroatoms. The van der Waals surface area contributed by atoms with Crippen molar-refractivity contribution < 1.29 is 19.0 Å². The zero-order valence-electron chi connectivity index (χ0n) is 9.71. The van der Waals surface area contributed by atoms with Crippen LogP contribution in [0.4, 0.5) is 8.78 Å². The molecule has 0 amide bonds. The van der Waals surface area contributed by atoms with Crippen molar-refractivity contribution in [1.29, 1.82) is 0 Å². The van der Waals surface area contributed by atoms with E-state index in [1.807, 2.05) is 0 Å². The number of benzene rings is 1. The van der Waals surface area contributed by atoms with Crippen molar-refractivity contribution in [2.24, 2.45) is 5.41 Å². The van der Waals surface area contributed by atoms with Crippen LogP contribution in [-0.4, -0.2) is 30.0 Å². The van der Waals surface area contributed by atoms with Gasteiger partial charge in [0.1, 0.15) is 11.6 Å². The van der Waals surface area contributed by atoms with Crippen LogP contribution in [0.3, 0.4) is 0 Å². The molecule has 1 aromatic carbocycles. The summed E-state index contributed by atoms with van der Waals surface area (Å²) in [4.78, 5) is 0. The lowest BCUT2D eigenvalue weighted by Crippen LogP contribution is -2.37. The van der Waals surface area contributed by atoms with Crippen LogP contribution in [0.15, 0.2) is 18.2 Å². The Morgan fingerprint density at radius 2 is 1.88 bits per heavy atom. The molecule has 0 saturated carbocycles. The molecule has 0 bridgehead atoms. The van der Waals surface area contributed by atoms with Crippen molar-refractivity contribution in [2.45, 2.75) is 13.5 Å². The Labute approximate surface area is 99.1 Å². The van der Waals surface area contributed by atoms with Crippen LogP contribution >= 0.6 is 0 Å². The molecule has 0 aliphatic heterocycles. The highest BCUT2D eigenvalue weighted by Crippen LogP contribution is 2.13. The van der Waals surface area contributed by atoms with Crippen molar-refractivity contribution in [3.63, 3.8) is 0 Å². The first-order valence-corrected chi connectivity index (χ1v) is 5.37. The molecule has 96 valence electrons. The summed E-state index contributed by atoms with van der Waals surface area (Å²) in [6.45, 7) is 1.95. The van der Waals surface area contributed by atoms with Gasteiger partial charge in [-0.25, -0.2) is 8.78 Å². The van der Waals surface area contributed by atoms with E-state index in [0.717, 1.165) is 6.07 Å². The largest absolute Gasteiger partial charge is 0.396 e. The van der Waals surface area contributed by atoms with Gasteiger partial charge in [-0.05, 0) is 6.07 Å². The standard InChI is InChI=1S/C12H17F2NO2/c1-12(7-16,8-17)6-15-5-9-2-3-10(13)4-11(9)14/h2-4,15-17H,5-8H2,1H3. The topological polar surface area (TPSA) is 52.5 Å². The Morgan fingerprint density at radius 3 is 2.41 bits per heavy atom. The normalized spacial score (nSPS) is 11.8. The molecule has 0 unspecified atom stereocenters. The lowest BCUT2D eigenvalue weighted by molar-refractivity contribution is 0.0694. The minimum Gasteiger partial charge on any atom is -0.396 e. The molecule has 0 aliphatic rings. The summed E-state index contributed by atoms with van der Waals surface area (Å²) < 4.78 is 25.9. The number of hydrogen-bond acceptors (Lipinski definition) is 3. The summed E-state index contributed by atoms with van der Waals surface area (Å²) in [5, 5.41) is 21.0. The maximum absolute atomic E-state index is 13.3. The molecule has 0 fully saturated rings. The predicted octanol–water partition coefficient (Wildman–Crippen LogP) is 1.05. The number of hydrogen-bond donors (Lipinski definition) is 3. The van der Waals surface area contributed by atoms with Gasteiger partial charge in [-0.3, -0.25) is 0 Å². The molecule has 0 aliphatic carbocycles. The highest BCUT2D eigenvalue weighted by Gasteiger charge is 2.21. The highest BCUT2D eigenvalue weighted by atomic mass is 19.1. The van der Waals surface area contributed by atoms with Crippen LogP contribution < -0.4 is 5.32 Å². The molecule has 0 radical (unpaired) electrons. The number of aliphatic hydroxyl groups is 2. The number of halogens is 2. The third-order valence-corrected chi connectivity index (χ3v) is 2.65. The van der Waals surface area contributed by atoms with E-state index in [0.29, 0.717) is 12.1 Å². The second-order valence-corrected chi connectivity index (χ2v) is 4.47. The van der Waals surface area contributed by atoms with Crippen LogP contribution in [-0.2, 0) is 6.54 Å². The van der Waals surface area contributed by atoms with Gasteiger partial charge in [-0.2, -0.15) is 0 Å². The van der Waals surface area contributed by atoms with E-state index in [4.69, 9.17) is 10.2 Å². The molecule has 0 atom stereocenters. The Balaban J connectivity index is 2.51. The zero-order chi connectivity index (χ0) is 12.9. The Hall–Kier alpha value is -1.04. The van der Waals surface area contributed by atoms with Crippen LogP contribution in [0, 0.1) is 17.0 Å². The minimum absolute atomic E-state index is 0.164. The van der Waals surface area contributed by atoms with Gasteiger partial charge in [0.05, 0.1) is 13.2 Å². The first-order chi connectivity index (χ1) is 8.00. The van der Waals surface area contributed by atoms with Gasteiger partial charge in [0.25, 0.3) is 0 Å².